The van der Waals surface area contributed by atoms with Gasteiger partial charge in [-0.3, -0.25) is 0 Å². The van der Waals surface area contributed by atoms with Crippen molar-refractivity contribution in [2.75, 3.05) is 0 Å². The third-order valence-corrected chi connectivity index (χ3v) is 3.03. The van der Waals surface area contributed by atoms with Gasteiger partial charge in [0.25, 0.3) is 0 Å². The minimum absolute atomic E-state index is 0.585. The van der Waals surface area contributed by atoms with Crippen LogP contribution in [-0.2, 0) is 0 Å². The predicted molar refractivity (Wildman–Crippen MR) is 71.3 cm³/mol. The summed E-state index contributed by atoms with van der Waals surface area (Å²) in [6.45, 7) is 2.04. The van der Waals surface area contributed by atoms with E-state index in [1.807, 2.05) is 55.5 Å². The van der Waals surface area contributed by atoms with E-state index in [0.717, 1.165) is 16.6 Å². The molecule has 3 nitrogen and oxygen atoms in total. The highest BCUT2D eigenvalue weighted by Crippen LogP contribution is 2.22. The summed E-state index contributed by atoms with van der Waals surface area (Å²) in [5, 5.41) is 10.3. The smallest absolute Gasteiger partial charge is 0.140 e. The lowest BCUT2D eigenvalue weighted by molar-refractivity contribution is 0.211. The number of rotatable bonds is 2. The molecule has 2 N–H and O–H groups in total. The van der Waals surface area contributed by atoms with Gasteiger partial charge in [0.15, 0.2) is 0 Å². The monoisotopic (exact) mass is 238 g/mol. The van der Waals surface area contributed by atoms with Gasteiger partial charge >= 0.3 is 0 Å². The fourth-order valence-corrected chi connectivity index (χ4v) is 2.07. The van der Waals surface area contributed by atoms with Crippen LogP contribution in [0.25, 0.3) is 11.0 Å². The first-order valence-electron chi connectivity index (χ1n) is 5.93. The first-order chi connectivity index (χ1) is 8.74. The summed E-state index contributed by atoms with van der Waals surface area (Å²) in [5.74, 6) is 0.585. The van der Waals surface area contributed by atoms with E-state index in [4.69, 9.17) is 0 Å². The highest BCUT2D eigenvalue weighted by molar-refractivity contribution is 5.76. The van der Waals surface area contributed by atoms with Gasteiger partial charge in [-0.25, -0.2) is 4.98 Å². The van der Waals surface area contributed by atoms with Crippen molar-refractivity contribution in [3.8, 4) is 0 Å². The molecule has 0 unspecified atom stereocenters. The summed E-state index contributed by atoms with van der Waals surface area (Å²) in [6.07, 6.45) is -0.709. The molecule has 3 rings (SSSR count). The topological polar surface area (TPSA) is 48.9 Å². The van der Waals surface area contributed by atoms with Crippen molar-refractivity contribution in [3.63, 3.8) is 0 Å². The molecule has 0 aliphatic rings. The predicted octanol–water partition coefficient (Wildman–Crippen LogP) is 2.95. The molecule has 18 heavy (non-hydrogen) atoms. The Kier molecular flexibility index (Phi) is 2.61. The van der Waals surface area contributed by atoms with Gasteiger partial charge in [-0.15, -0.1) is 0 Å². The summed E-state index contributed by atoms with van der Waals surface area (Å²) < 4.78 is 0. The molecule has 1 aromatic heterocycles. The van der Waals surface area contributed by atoms with Crippen molar-refractivity contribution in [2.45, 2.75) is 13.0 Å². The molecular weight excluding hydrogens is 224 g/mol. The van der Waals surface area contributed by atoms with Gasteiger partial charge in [0.1, 0.15) is 11.9 Å². The zero-order valence-electron chi connectivity index (χ0n) is 10.1. The Labute approximate surface area is 105 Å². The van der Waals surface area contributed by atoms with E-state index in [2.05, 4.69) is 9.97 Å². The average Bonchev–Trinajstić information content (AvgIpc) is 2.81. The second-order valence-electron chi connectivity index (χ2n) is 4.46. The maximum Gasteiger partial charge on any atom is 0.140 e. The second-order valence-corrected chi connectivity index (χ2v) is 4.46. The molecule has 90 valence electrons. The van der Waals surface area contributed by atoms with E-state index in [9.17, 15) is 5.11 Å². The van der Waals surface area contributed by atoms with Crippen LogP contribution in [0.4, 0.5) is 0 Å². The minimum atomic E-state index is -0.709. The summed E-state index contributed by atoms with van der Waals surface area (Å²) in [7, 11) is 0. The number of imidazole rings is 1. The number of aromatic nitrogens is 2. The van der Waals surface area contributed by atoms with Gasteiger partial charge < -0.3 is 10.1 Å². The zero-order chi connectivity index (χ0) is 12.5. The molecule has 0 aliphatic heterocycles. The Hall–Kier alpha value is -2.13. The number of hydrogen-bond donors (Lipinski definition) is 2. The van der Waals surface area contributed by atoms with Crippen LogP contribution in [0.15, 0.2) is 48.5 Å². The summed E-state index contributed by atoms with van der Waals surface area (Å²) in [6, 6.07) is 15.5. The van der Waals surface area contributed by atoms with E-state index in [-0.39, 0.29) is 0 Å². The van der Waals surface area contributed by atoms with E-state index in [1.54, 1.807) is 0 Å². The largest absolute Gasteiger partial charge is 0.380 e. The van der Waals surface area contributed by atoms with Crippen molar-refractivity contribution in [1.29, 1.82) is 0 Å². The van der Waals surface area contributed by atoms with E-state index >= 15 is 0 Å². The van der Waals surface area contributed by atoms with Crippen LogP contribution in [0, 0.1) is 6.92 Å². The van der Waals surface area contributed by atoms with Gasteiger partial charge in [-0.2, -0.15) is 0 Å². The molecule has 0 spiro atoms. The molecule has 0 saturated carbocycles. The normalized spacial score (nSPS) is 12.8. The molecule has 0 radical (unpaired) electrons. The number of H-pyrrole nitrogens is 1. The SMILES string of the molecule is Cc1ccc2nc([C@H](O)c3ccccc3)[nH]c2c1. The molecule has 3 heteroatoms. The molecule has 0 aliphatic carbocycles. The van der Waals surface area contributed by atoms with Crippen LogP contribution in [0.3, 0.4) is 0 Å². The summed E-state index contributed by atoms with van der Waals surface area (Å²) in [4.78, 5) is 7.60. The van der Waals surface area contributed by atoms with Gasteiger partial charge in [0, 0.05) is 0 Å². The summed E-state index contributed by atoms with van der Waals surface area (Å²) in [5.41, 5.74) is 3.85. The van der Waals surface area contributed by atoms with Gasteiger partial charge in [0.05, 0.1) is 11.0 Å². The fraction of sp³-hybridized carbons (Fsp3) is 0.133. The maximum atomic E-state index is 10.3. The molecule has 0 bridgehead atoms. The van der Waals surface area contributed by atoms with Gasteiger partial charge in [0.2, 0.25) is 0 Å². The number of nitrogens with zero attached hydrogens (tertiary/aromatic N) is 1. The lowest BCUT2D eigenvalue weighted by atomic mass is 10.1. The van der Waals surface area contributed by atoms with Crippen LogP contribution >= 0.6 is 0 Å². The van der Waals surface area contributed by atoms with Crippen LogP contribution < -0.4 is 0 Å². The number of aryl methyl sites for hydroxylation is 1. The first-order valence-corrected chi connectivity index (χ1v) is 5.93. The molecule has 1 atom stereocenters. The number of hydrogen-bond acceptors (Lipinski definition) is 2. The van der Waals surface area contributed by atoms with Crippen molar-refractivity contribution in [1.82, 2.24) is 9.97 Å². The van der Waals surface area contributed by atoms with Crippen LogP contribution in [0.5, 0.6) is 0 Å². The molecular formula is C15H14N2O. The molecule has 0 fully saturated rings. The maximum absolute atomic E-state index is 10.3. The second kappa shape index (κ2) is 4.27. The Balaban J connectivity index is 2.04. The molecule has 0 amide bonds. The third-order valence-electron chi connectivity index (χ3n) is 3.03. The van der Waals surface area contributed by atoms with Crippen LogP contribution in [-0.4, -0.2) is 15.1 Å². The molecule has 3 aromatic rings. The Bertz CT molecular complexity index is 673. The number of aliphatic hydroxyl groups is 1. The lowest BCUT2D eigenvalue weighted by Crippen LogP contribution is -2.01. The lowest BCUT2D eigenvalue weighted by Gasteiger charge is -2.06. The standard InChI is InChI=1S/C15H14N2O/c1-10-7-8-12-13(9-10)17-15(16-12)14(18)11-5-3-2-4-6-11/h2-9,14,18H,1H3,(H,16,17)/t14-/m1/s1. The van der Waals surface area contributed by atoms with Gasteiger partial charge in [-0.05, 0) is 30.2 Å². The zero-order valence-corrected chi connectivity index (χ0v) is 10.1. The molecule has 2 aromatic carbocycles. The Morgan fingerprint density at radius 1 is 1.11 bits per heavy atom. The van der Waals surface area contributed by atoms with Crippen LogP contribution in [0.1, 0.15) is 23.1 Å². The number of aliphatic hydroxyl groups excluding tert-OH is 1. The number of benzene rings is 2. The quantitative estimate of drug-likeness (QED) is 0.721. The fourth-order valence-electron chi connectivity index (χ4n) is 2.07. The van der Waals surface area contributed by atoms with Crippen molar-refractivity contribution in [2.24, 2.45) is 0 Å². The van der Waals surface area contributed by atoms with E-state index in [1.165, 1.54) is 5.56 Å². The molecule has 0 saturated heterocycles. The number of aromatic amines is 1. The van der Waals surface area contributed by atoms with Gasteiger partial charge in [-0.1, -0.05) is 36.4 Å². The third kappa shape index (κ3) is 1.89. The van der Waals surface area contributed by atoms with Crippen molar-refractivity contribution in [3.05, 3.63) is 65.5 Å². The number of nitrogens with one attached hydrogen (secondary N) is 1. The van der Waals surface area contributed by atoms with Crippen LogP contribution in [0.2, 0.25) is 0 Å². The van der Waals surface area contributed by atoms with Crippen molar-refractivity contribution >= 4 is 11.0 Å². The molecule has 1 heterocycles. The number of fused-ring (bicyclic) bond motifs is 1. The summed E-state index contributed by atoms with van der Waals surface area (Å²) >= 11 is 0. The average molecular weight is 238 g/mol. The van der Waals surface area contributed by atoms with E-state index < -0.39 is 6.10 Å². The Morgan fingerprint density at radius 2 is 1.89 bits per heavy atom. The highest BCUT2D eigenvalue weighted by atomic mass is 16.3. The first kappa shape index (κ1) is 11.0. The van der Waals surface area contributed by atoms with E-state index in [0.29, 0.717) is 5.82 Å². The highest BCUT2D eigenvalue weighted by Gasteiger charge is 2.14. The Morgan fingerprint density at radius 3 is 2.67 bits per heavy atom. The minimum Gasteiger partial charge on any atom is -0.380 e. The van der Waals surface area contributed by atoms with Crippen molar-refractivity contribution < 1.29 is 5.11 Å².